The molecule has 0 aliphatic carbocycles. The Morgan fingerprint density at radius 3 is 2.55 bits per heavy atom. The predicted octanol–water partition coefficient (Wildman–Crippen LogP) is 4.91. The van der Waals surface area contributed by atoms with Gasteiger partial charge in [0.05, 0.1) is 13.2 Å². The van der Waals surface area contributed by atoms with E-state index >= 15 is 0 Å². The molecule has 2 aromatic carbocycles. The summed E-state index contributed by atoms with van der Waals surface area (Å²) in [7, 11) is 0. The maximum atomic E-state index is 14.1. The highest BCUT2D eigenvalue weighted by molar-refractivity contribution is 5.78. The van der Waals surface area contributed by atoms with Crippen molar-refractivity contribution in [2.45, 2.75) is 39.3 Å². The molecule has 0 bridgehead atoms. The zero-order chi connectivity index (χ0) is 22.0. The number of hydrogen-bond donors (Lipinski definition) is 0. The van der Waals surface area contributed by atoms with Crippen LogP contribution in [0.5, 0.6) is 5.75 Å². The van der Waals surface area contributed by atoms with Gasteiger partial charge in [-0.1, -0.05) is 25.1 Å². The van der Waals surface area contributed by atoms with E-state index in [4.69, 9.17) is 9.26 Å². The van der Waals surface area contributed by atoms with E-state index in [0.29, 0.717) is 24.8 Å². The second-order valence-corrected chi connectivity index (χ2v) is 7.96. The zero-order valence-corrected chi connectivity index (χ0v) is 17.3. The van der Waals surface area contributed by atoms with Crippen LogP contribution in [0.3, 0.4) is 0 Å². The third-order valence-electron chi connectivity index (χ3n) is 5.14. The van der Waals surface area contributed by atoms with Crippen molar-refractivity contribution in [2.75, 3.05) is 6.61 Å². The number of halogens is 2. The number of nitrogens with zero attached hydrogens (tertiary/aromatic N) is 3. The first-order valence-corrected chi connectivity index (χ1v) is 10.2. The van der Waals surface area contributed by atoms with E-state index in [1.807, 2.05) is 24.3 Å². The van der Waals surface area contributed by atoms with Crippen LogP contribution in [0.4, 0.5) is 8.78 Å². The quantitative estimate of drug-likeness (QED) is 0.536. The first-order valence-electron chi connectivity index (χ1n) is 10.2. The number of likely N-dealkylation sites (tertiary alicyclic amines) is 1. The van der Waals surface area contributed by atoms with Crippen LogP contribution in [0.2, 0.25) is 0 Å². The maximum absolute atomic E-state index is 14.1. The lowest BCUT2D eigenvalue weighted by Crippen LogP contribution is -2.28. The summed E-state index contributed by atoms with van der Waals surface area (Å²) in [6.45, 7) is 4.58. The molecule has 0 saturated carbocycles. The van der Waals surface area contributed by atoms with Crippen molar-refractivity contribution >= 4 is 5.91 Å². The molecule has 1 fully saturated rings. The summed E-state index contributed by atoms with van der Waals surface area (Å²) in [5.74, 6) is 0.211. The molecule has 1 saturated heterocycles. The zero-order valence-electron chi connectivity index (χ0n) is 17.3. The standard InChI is InChI=1S/C23H23F2N3O3/c1-14(2)13-30-16-8-6-15(7-9-16)22-26-23(31-27-22)20-10-11-21(29)28(20)12-17-18(24)4-3-5-19(17)25/h3-9,14,20H,10-13H2,1-2H3. The highest BCUT2D eigenvalue weighted by atomic mass is 19.1. The van der Waals surface area contributed by atoms with Crippen molar-refractivity contribution in [3.05, 3.63) is 65.6 Å². The van der Waals surface area contributed by atoms with Gasteiger partial charge in [-0.3, -0.25) is 4.79 Å². The molecule has 0 N–H and O–H groups in total. The van der Waals surface area contributed by atoms with Gasteiger partial charge in [-0.05, 0) is 48.7 Å². The molecular formula is C23H23F2N3O3. The molecule has 2 heterocycles. The van der Waals surface area contributed by atoms with Crippen LogP contribution >= 0.6 is 0 Å². The van der Waals surface area contributed by atoms with Gasteiger partial charge in [0.2, 0.25) is 17.6 Å². The Bertz CT molecular complexity index is 1050. The number of aromatic nitrogens is 2. The highest BCUT2D eigenvalue weighted by Gasteiger charge is 2.37. The summed E-state index contributed by atoms with van der Waals surface area (Å²) in [6, 6.07) is 10.4. The minimum Gasteiger partial charge on any atom is -0.493 e. The summed E-state index contributed by atoms with van der Waals surface area (Å²) in [6.07, 6.45) is 0.693. The van der Waals surface area contributed by atoms with Gasteiger partial charge in [-0.2, -0.15) is 4.98 Å². The first-order chi connectivity index (χ1) is 14.9. The lowest BCUT2D eigenvalue weighted by molar-refractivity contribution is -0.130. The monoisotopic (exact) mass is 427 g/mol. The summed E-state index contributed by atoms with van der Waals surface area (Å²) >= 11 is 0. The van der Waals surface area contributed by atoms with Crippen molar-refractivity contribution in [3.8, 4) is 17.1 Å². The molecule has 4 rings (SSSR count). The predicted molar refractivity (Wildman–Crippen MR) is 109 cm³/mol. The van der Waals surface area contributed by atoms with Gasteiger partial charge in [0.1, 0.15) is 23.4 Å². The molecule has 162 valence electrons. The van der Waals surface area contributed by atoms with Crippen LogP contribution in [0, 0.1) is 17.6 Å². The van der Waals surface area contributed by atoms with E-state index < -0.39 is 17.7 Å². The van der Waals surface area contributed by atoms with Crippen LogP contribution in [0.1, 0.15) is 44.2 Å². The average molecular weight is 427 g/mol. The SMILES string of the molecule is CC(C)COc1ccc(-c2noc(C3CCC(=O)N3Cc3c(F)cccc3F)n2)cc1. The molecule has 0 spiro atoms. The molecule has 1 amide bonds. The summed E-state index contributed by atoms with van der Waals surface area (Å²) < 4.78 is 39.2. The third-order valence-corrected chi connectivity index (χ3v) is 5.14. The number of rotatable bonds is 7. The van der Waals surface area contributed by atoms with Crippen molar-refractivity contribution < 1.29 is 22.8 Å². The Kier molecular flexibility index (Phi) is 5.97. The minimum atomic E-state index is -0.690. The van der Waals surface area contributed by atoms with Crippen LogP contribution in [-0.2, 0) is 11.3 Å². The molecule has 1 atom stereocenters. The Morgan fingerprint density at radius 1 is 1.16 bits per heavy atom. The number of ether oxygens (including phenoxy) is 1. The molecule has 1 aliphatic rings. The average Bonchev–Trinajstić information content (AvgIpc) is 3.37. The Hall–Kier alpha value is -3.29. The minimum absolute atomic E-state index is 0.153. The van der Waals surface area contributed by atoms with Gasteiger partial charge in [0.15, 0.2) is 0 Å². The van der Waals surface area contributed by atoms with Crippen LogP contribution in [0.15, 0.2) is 47.0 Å². The summed E-state index contributed by atoms with van der Waals surface area (Å²) in [5, 5.41) is 4.02. The highest BCUT2D eigenvalue weighted by Crippen LogP contribution is 2.35. The van der Waals surface area contributed by atoms with Crippen molar-refractivity contribution in [2.24, 2.45) is 5.92 Å². The lowest BCUT2D eigenvalue weighted by Gasteiger charge is -2.22. The number of amides is 1. The topological polar surface area (TPSA) is 68.5 Å². The normalized spacial score (nSPS) is 16.4. The van der Waals surface area contributed by atoms with E-state index in [1.165, 1.54) is 23.1 Å². The van der Waals surface area contributed by atoms with Gasteiger partial charge in [-0.15, -0.1) is 0 Å². The number of benzene rings is 2. The largest absolute Gasteiger partial charge is 0.493 e. The lowest BCUT2D eigenvalue weighted by atomic mass is 10.1. The fourth-order valence-corrected chi connectivity index (χ4v) is 3.49. The molecule has 1 aromatic heterocycles. The molecule has 31 heavy (non-hydrogen) atoms. The van der Waals surface area contributed by atoms with Crippen LogP contribution in [-0.4, -0.2) is 27.6 Å². The van der Waals surface area contributed by atoms with Gasteiger partial charge < -0.3 is 14.2 Å². The van der Waals surface area contributed by atoms with Crippen LogP contribution in [0.25, 0.3) is 11.4 Å². The van der Waals surface area contributed by atoms with E-state index in [-0.39, 0.29) is 30.3 Å². The van der Waals surface area contributed by atoms with Crippen molar-refractivity contribution in [3.63, 3.8) is 0 Å². The van der Waals surface area contributed by atoms with Gasteiger partial charge in [0.25, 0.3) is 0 Å². The summed E-state index contributed by atoms with van der Waals surface area (Å²) in [5.41, 5.74) is 0.586. The molecular weight excluding hydrogens is 404 g/mol. The van der Waals surface area contributed by atoms with Crippen LogP contribution < -0.4 is 4.74 Å². The van der Waals surface area contributed by atoms with Gasteiger partial charge >= 0.3 is 0 Å². The third kappa shape index (κ3) is 4.57. The van der Waals surface area contributed by atoms with E-state index in [2.05, 4.69) is 24.0 Å². The molecule has 8 heteroatoms. The van der Waals surface area contributed by atoms with Crippen molar-refractivity contribution in [1.29, 1.82) is 0 Å². The Morgan fingerprint density at radius 2 is 1.87 bits per heavy atom. The molecule has 3 aromatic rings. The molecule has 6 nitrogen and oxygen atoms in total. The molecule has 1 unspecified atom stereocenters. The Balaban J connectivity index is 1.51. The fraction of sp³-hybridized carbons (Fsp3) is 0.348. The first kappa shape index (κ1) is 21.0. The summed E-state index contributed by atoms with van der Waals surface area (Å²) in [4.78, 5) is 18.2. The van der Waals surface area contributed by atoms with Crippen molar-refractivity contribution in [1.82, 2.24) is 15.0 Å². The smallest absolute Gasteiger partial charge is 0.249 e. The fourth-order valence-electron chi connectivity index (χ4n) is 3.49. The molecule has 1 aliphatic heterocycles. The Labute approximate surface area is 178 Å². The number of carbonyl (C=O) groups excluding carboxylic acids is 1. The number of carbonyl (C=O) groups is 1. The maximum Gasteiger partial charge on any atom is 0.249 e. The number of hydrogen-bond acceptors (Lipinski definition) is 5. The second kappa shape index (κ2) is 8.83. The van der Waals surface area contributed by atoms with E-state index in [9.17, 15) is 13.6 Å². The van der Waals surface area contributed by atoms with E-state index in [0.717, 1.165) is 11.3 Å². The van der Waals surface area contributed by atoms with E-state index in [1.54, 1.807) is 0 Å². The van der Waals surface area contributed by atoms with Gasteiger partial charge in [-0.25, -0.2) is 8.78 Å². The second-order valence-electron chi connectivity index (χ2n) is 7.96. The molecule has 0 radical (unpaired) electrons. The van der Waals surface area contributed by atoms with Gasteiger partial charge in [0, 0.05) is 17.5 Å².